The molecule has 24 heavy (non-hydrogen) atoms. The molecule has 1 unspecified atom stereocenters. The van der Waals surface area contributed by atoms with Crippen LogP contribution in [0.25, 0.3) is 0 Å². The second-order valence-corrected chi connectivity index (χ2v) is 7.14. The number of thiazole rings is 1. The van der Waals surface area contributed by atoms with Crippen molar-refractivity contribution in [3.05, 3.63) is 52.5 Å². The number of carbonyl (C=O) groups excluding carboxylic acids is 1. The highest BCUT2D eigenvalue weighted by molar-refractivity contribution is 7.07. The summed E-state index contributed by atoms with van der Waals surface area (Å²) in [5, 5.41) is 12.5. The van der Waals surface area contributed by atoms with Crippen LogP contribution in [0.3, 0.4) is 0 Å². The minimum Gasteiger partial charge on any atom is -0.387 e. The monoisotopic (exact) mass is 344 g/mol. The third kappa shape index (κ3) is 4.42. The molecule has 1 aliphatic carbocycles. The largest absolute Gasteiger partial charge is 0.387 e. The summed E-state index contributed by atoms with van der Waals surface area (Å²) >= 11 is 1.51. The lowest BCUT2D eigenvalue weighted by Gasteiger charge is -2.35. The molecule has 0 radical (unpaired) electrons. The van der Waals surface area contributed by atoms with Gasteiger partial charge in [0.2, 0.25) is 5.91 Å². The molecule has 0 bridgehead atoms. The van der Waals surface area contributed by atoms with Gasteiger partial charge in [0.1, 0.15) is 0 Å². The Morgan fingerprint density at radius 2 is 2.00 bits per heavy atom. The van der Waals surface area contributed by atoms with Crippen LogP contribution in [-0.2, 0) is 11.2 Å². The highest BCUT2D eigenvalue weighted by Gasteiger charge is 2.28. The third-order valence-electron chi connectivity index (χ3n) is 4.71. The van der Waals surface area contributed by atoms with E-state index in [0.29, 0.717) is 13.0 Å². The van der Waals surface area contributed by atoms with Gasteiger partial charge in [0.15, 0.2) is 0 Å². The minimum atomic E-state index is -0.646. The van der Waals surface area contributed by atoms with Crippen molar-refractivity contribution >= 4 is 17.2 Å². The van der Waals surface area contributed by atoms with Crippen molar-refractivity contribution in [2.24, 2.45) is 0 Å². The molecule has 1 atom stereocenters. The molecule has 1 saturated carbocycles. The number of nitrogens with zero attached hydrogens (tertiary/aromatic N) is 2. The van der Waals surface area contributed by atoms with Crippen molar-refractivity contribution in [2.45, 2.75) is 50.7 Å². The first-order valence-electron chi connectivity index (χ1n) is 8.63. The van der Waals surface area contributed by atoms with Gasteiger partial charge in [-0.15, -0.1) is 11.3 Å². The first-order valence-corrected chi connectivity index (χ1v) is 9.58. The zero-order chi connectivity index (χ0) is 16.8. The van der Waals surface area contributed by atoms with Crippen LogP contribution in [0, 0.1) is 0 Å². The van der Waals surface area contributed by atoms with Gasteiger partial charge in [-0.05, 0) is 18.4 Å². The van der Waals surface area contributed by atoms with Crippen LogP contribution < -0.4 is 0 Å². The fraction of sp³-hybridized carbons (Fsp3) is 0.474. The molecule has 1 amide bonds. The molecule has 128 valence electrons. The standard InChI is InChI=1S/C19H24N2O2S/c22-18(15-7-3-1-4-8-15)12-21(17-9-5-2-6-10-17)19(23)11-16-13-24-14-20-16/h1,3-4,7-8,13-14,17-18,22H,2,5-6,9-12H2. The predicted molar refractivity (Wildman–Crippen MR) is 95.8 cm³/mol. The average Bonchev–Trinajstić information content (AvgIpc) is 3.14. The van der Waals surface area contributed by atoms with Crippen LogP contribution in [0.15, 0.2) is 41.2 Å². The van der Waals surface area contributed by atoms with E-state index in [1.54, 1.807) is 5.51 Å². The Labute approximate surface area is 147 Å². The van der Waals surface area contributed by atoms with Crippen molar-refractivity contribution < 1.29 is 9.90 Å². The van der Waals surface area contributed by atoms with Crippen molar-refractivity contribution in [3.63, 3.8) is 0 Å². The predicted octanol–water partition coefficient (Wildman–Crippen LogP) is 3.58. The normalized spacial score (nSPS) is 16.7. The summed E-state index contributed by atoms with van der Waals surface area (Å²) < 4.78 is 0. The number of aliphatic hydroxyl groups excluding tert-OH is 1. The second kappa shape index (κ2) is 8.40. The topological polar surface area (TPSA) is 53.4 Å². The molecule has 1 fully saturated rings. The number of hydrogen-bond acceptors (Lipinski definition) is 4. The lowest BCUT2D eigenvalue weighted by molar-refractivity contribution is -0.135. The van der Waals surface area contributed by atoms with Gasteiger partial charge >= 0.3 is 0 Å². The van der Waals surface area contributed by atoms with Crippen LogP contribution in [0.2, 0.25) is 0 Å². The fourth-order valence-corrected chi connectivity index (χ4v) is 3.95. The zero-order valence-corrected chi connectivity index (χ0v) is 14.6. The zero-order valence-electron chi connectivity index (χ0n) is 13.8. The molecule has 1 heterocycles. The van der Waals surface area contributed by atoms with E-state index in [1.807, 2.05) is 40.6 Å². The van der Waals surface area contributed by atoms with Gasteiger partial charge in [0, 0.05) is 11.4 Å². The number of hydrogen-bond donors (Lipinski definition) is 1. The van der Waals surface area contributed by atoms with Crippen molar-refractivity contribution in [1.82, 2.24) is 9.88 Å². The van der Waals surface area contributed by atoms with Crippen molar-refractivity contribution in [2.75, 3.05) is 6.54 Å². The van der Waals surface area contributed by atoms with Crippen LogP contribution >= 0.6 is 11.3 Å². The third-order valence-corrected chi connectivity index (χ3v) is 5.34. The summed E-state index contributed by atoms with van der Waals surface area (Å²) in [7, 11) is 0. The number of benzene rings is 1. The van der Waals surface area contributed by atoms with Crippen molar-refractivity contribution in [3.8, 4) is 0 Å². The van der Waals surface area contributed by atoms with Gasteiger partial charge in [-0.3, -0.25) is 4.79 Å². The summed E-state index contributed by atoms with van der Waals surface area (Å²) in [6, 6.07) is 9.83. The van der Waals surface area contributed by atoms with Gasteiger partial charge < -0.3 is 10.0 Å². The van der Waals surface area contributed by atoms with E-state index in [1.165, 1.54) is 17.8 Å². The van der Waals surface area contributed by atoms with E-state index in [0.717, 1.165) is 36.9 Å². The summed E-state index contributed by atoms with van der Waals surface area (Å²) in [6.45, 7) is 0.359. The number of rotatable bonds is 6. The molecular weight excluding hydrogens is 320 g/mol. The lowest BCUT2D eigenvalue weighted by atomic mass is 9.93. The van der Waals surface area contributed by atoms with Gasteiger partial charge in [0.25, 0.3) is 0 Å². The fourth-order valence-electron chi connectivity index (χ4n) is 3.40. The average molecular weight is 344 g/mol. The Bertz CT molecular complexity index is 624. The van der Waals surface area contributed by atoms with Crippen LogP contribution in [0.5, 0.6) is 0 Å². The van der Waals surface area contributed by atoms with Crippen molar-refractivity contribution in [1.29, 1.82) is 0 Å². The van der Waals surface area contributed by atoms with Gasteiger partial charge in [-0.25, -0.2) is 4.98 Å². The molecule has 2 aromatic rings. The maximum absolute atomic E-state index is 12.9. The summed E-state index contributed by atoms with van der Waals surface area (Å²) in [5.41, 5.74) is 3.44. The smallest absolute Gasteiger partial charge is 0.228 e. The molecule has 1 aliphatic rings. The Balaban J connectivity index is 1.72. The number of aromatic nitrogens is 1. The Hall–Kier alpha value is -1.72. The van der Waals surface area contributed by atoms with E-state index in [4.69, 9.17) is 0 Å². The molecule has 5 heteroatoms. The van der Waals surface area contributed by atoms with Crippen LogP contribution in [0.1, 0.15) is 49.5 Å². The molecule has 0 spiro atoms. The number of amides is 1. The SMILES string of the molecule is O=C(Cc1cscn1)N(CC(O)c1ccccc1)C1CCCCC1. The summed E-state index contributed by atoms with van der Waals surface area (Å²) in [6.07, 6.45) is 5.30. The number of aliphatic hydroxyl groups is 1. The molecule has 4 nitrogen and oxygen atoms in total. The quantitative estimate of drug-likeness (QED) is 0.871. The molecule has 1 aromatic heterocycles. The Morgan fingerprint density at radius 1 is 1.25 bits per heavy atom. The molecule has 3 rings (SSSR count). The molecule has 1 aromatic carbocycles. The number of carbonyl (C=O) groups is 1. The highest BCUT2D eigenvalue weighted by atomic mass is 32.1. The first kappa shape index (κ1) is 17.1. The molecule has 1 N–H and O–H groups in total. The maximum Gasteiger partial charge on any atom is 0.228 e. The van der Waals surface area contributed by atoms with E-state index in [9.17, 15) is 9.90 Å². The van der Waals surface area contributed by atoms with Gasteiger partial charge in [-0.1, -0.05) is 49.6 Å². The molecular formula is C19H24N2O2S. The Kier molecular flexibility index (Phi) is 5.99. The molecule has 0 saturated heterocycles. The summed E-state index contributed by atoms with van der Waals surface area (Å²) in [4.78, 5) is 19.0. The first-order chi connectivity index (χ1) is 11.7. The van der Waals surface area contributed by atoms with E-state index in [2.05, 4.69) is 4.98 Å². The minimum absolute atomic E-state index is 0.0720. The highest BCUT2D eigenvalue weighted by Crippen LogP contribution is 2.25. The summed E-state index contributed by atoms with van der Waals surface area (Å²) in [5.74, 6) is 0.0720. The van der Waals surface area contributed by atoms with Gasteiger partial charge in [0.05, 0.1) is 30.3 Å². The van der Waals surface area contributed by atoms with E-state index >= 15 is 0 Å². The van der Waals surface area contributed by atoms with Crippen LogP contribution in [0.4, 0.5) is 0 Å². The molecule has 0 aliphatic heterocycles. The van der Waals surface area contributed by atoms with Gasteiger partial charge in [-0.2, -0.15) is 0 Å². The van der Waals surface area contributed by atoms with E-state index < -0.39 is 6.10 Å². The maximum atomic E-state index is 12.9. The van der Waals surface area contributed by atoms with Crippen LogP contribution in [-0.4, -0.2) is 33.5 Å². The Morgan fingerprint density at radius 3 is 2.67 bits per heavy atom. The van der Waals surface area contributed by atoms with E-state index in [-0.39, 0.29) is 11.9 Å². The lowest BCUT2D eigenvalue weighted by Crippen LogP contribution is -2.44. The second-order valence-electron chi connectivity index (χ2n) is 6.42.